The second kappa shape index (κ2) is 12.4. The SMILES string of the molecule is O=C(NCCCCCCCCNc1c2c(nc3ccccc13)CCCC2)c1cnc(Cl)c(Cl)c1. The first-order valence-electron chi connectivity index (χ1n) is 12.4. The Hall–Kier alpha value is -2.37. The molecule has 34 heavy (non-hydrogen) atoms. The highest BCUT2D eigenvalue weighted by molar-refractivity contribution is 6.41. The third kappa shape index (κ3) is 6.39. The number of hydrogen-bond donors (Lipinski definition) is 2. The number of anilines is 1. The molecule has 0 radical (unpaired) electrons. The molecule has 0 spiro atoms. The molecule has 1 aliphatic rings. The maximum Gasteiger partial charge on any atom is 0.252 e. The molecule has 2 N–H and O–H groups in total. The molecular weight excluding hydrogens is 467 g/mol. The van der Waals surface area contributed by atoms with Crippen LogP contribution in [-0.2, 0) is 12.8 Å². The van der Waals surface area contributed by atoms with Crippen molar-refractivity contribution in [2.75, 3.05) is 18.4 Å². The van der Waals surface area contributed by atoms with Crippen molar-refractivity contribution < 1.29 is 4.79 Å². The van der Waals surface area contributed by atoms with Crippen LogP contribution >= 0.6 is 23.2 Å². The third-order valence-electron chi connectivity index (χ3n) is 6.42. The number of unbranched alkanes of at least 4 members (excludes halogenated alkanes) is 5. The Morgan fingerprint density at radius 3 is 2.50 bits per heavy atom. The molecule has 0 bridgehead atoms. The Balaban J connectivity index is 1.12. The van der Waals surface area contributed by atoms with Gasteiger partial charge in [-0.25, -0.2) is 4.98 Å². The van der Waals surface area contributed by atoms with Gasteiger partial charge in [-0.2, -0.15) is 0 Å². The van der Waals surface area contributed by atoms with E-state index in [4.69, 9.17) is 28.2 Å². The maximum atomic E-state index is 12.1. The van der Waals surface area contributed by atoms with E-state index >= 15 is 0 Å². The fraction of sp³-hybridized carbons (Fsp3) is 0.444. The number of aryl methyl sites for hydroxylation is 1. The summed E-state index contributed by atoms with van der Waals surface area (Å²) in [5.74, 6) is -0.164. The Morgan fingerprint density at radius 2 is 1.68 bits per heavy atom. The number of pyridine rings is 2. The number of amides is 1. The first-order valence-corrected chi connectivity index (χ1v) is 13.1. The lowest BCUT2D eigenvalue weighted by atomic mass is 9.92. The van der Waals surface area contributed by atoms with Crippen molar-refractivity contribution in [3.05, 3.63) is 63.5 Å². The number of nitrogens with zero attached hydrogens (tertiary/aromatic N) is 2. The van der Waals surface area contributed by atoms with Crippen LogP contribution in [0.1, 0.15) is 73.0 Å². The first kappa shape index (κ1) is 24.7. The van der Waals surface area contributed by atoms with E-state index in [0.717, 1.165) is 44.2 Å². The number of carbonyl (C=O) groups excluding carboxylic acids is 1. The quantitative estimate of drug-likeness (QED) is 0.220. The molecular formula is C27H32Cl2N4O. The zero-order valence-corrected chi connectivity index (χ0v) is 21.0. The average Bonchev–Trinajstić information content (AvgIpc) is 2.86. The summed E-state index contributed by atoms with van der Waals surface area (Å²) < 4.78 is 0. The minimum absolute atomic E-state index is 0.164. The molecule has 0 atom stereocenters. The number of nitrogens with one attached hydrogen (secondary N) is 2. The summed E-state index contributed by atoms with van der Waals surface area (Å²) in [5.41, 5.74) is 5.57. The zero-order valence-electron chi connectivity index (χ0n) is 19.5. The Labute approximate surface area is 211 Å². The molecule has 0 saturated carbocycles. The lowest BCUT2D eigenvalue weighted by molar-refractivity contribution is 0.0952. The van der Waals surface area contributed by atoms with Gasteiger partial charge >= 0.3 is 0 Å². The number of carbonyl (C=O) groups is 1. The van der Waals surface area contributed by atoms with Crippen molar-refractivity contribution in [1.82, 2.24) is 15.3 Å². The number of halogens is 2. The van der Waals surface area contributed by atoms with Crippen LogP contribution in [0.4, 0.5) is 5.69 Å². The van der Waals surface area contributed by atoms with Gasteiger partial charge in [0.2, 0.25) is 0 Å². The number of benzene rings is 1. The lowest BCUT2D eigenvalue weighted by Gasteiger charge is -2.21. The van der Waals surface area contributed by atoms with Crippen LogP contribution in [0.3, 0.4) is 0 Å². The van der Waals surface area contributed by atoms with Crippen molar-refractivity contribution in [2.24, 2.45) is 0 Å². The van der Waals surface area contributed by atoms with Gasteiger partial charge in [0.05, 0.1) is 16.1 Å². The van der Waals surface area contributed by atoms with Gasteiger partial charge in [-0.05, 0) is 56.2 Å². The van der Waals surface area contributed by atoms with E-state index in [-0.39, 0.29) is 11.1 Å². The second-order valence-corrected chi connectivity index (χ2v) is 9.70. The third-order valence-corrected chi connectivity index (χ3v) is 7.10. The van der Waals surface area contributed by atoms with Gasteiger partial charge in [0.15, 0.2) is 0 Å². The molecule has 2 heterocycles. The van der Waals surface area contributed by atoms with Gasteiger partial charge in [0.25, 0.3) is 5.91 Å². The molecule has 0 aliphatic heterocycles. The summed E-state index contributed by atoms with van der Waals surface area (Å²) in [5, 5.41) is 8.43. The number of para-hydroxylation sites is 1. The Kier molecular flexibility index (Phi) is 9.00. The fourth-order valence-corrected chi connectivity index (χ4v) is 4.86. The van der Waals surface area contributed by atoms with E-state index in [1.54, 1.807) is 6.07 Å². The van der Waals surface area contributed by atoms with Gasteiger partial charge in [-0.3, -0.25) is 9.78 Å². The van der Waals surface area contributed by atoms with Crippen LogP contribution in [-0.4, -0.2) is 29.0 Å². The van der Waals surface area contributed by atoms with E-state index in [9.17, 15) is 4.79 Å². The Morgan fingerprint density at radius 1 is 0.941 bits per heavy atom. The van der Waals surface area contributed by atoms with E-state index in [2.05, 4.69) is 39.9 Å². The standard InChI is InChI=1S/C27H32Cl2N4O/c28-22-17-19(18-32-26(22)29)27(34)31-16-10-4-2-1-3-9-15-30-25-20-11-5-7-13-23(20)33-24-14-8-6-12-21(24)25/h5,7,11,13,17-18H,1-4,6,8-10,12,14-16H2,(H,30,33)(H,31,34). The molecule has 0 unspecified atom stereocenters. The second-order valence-electron chi connectivity index (χ2n) is 8.94. The first-order chi connectivity index (χ1) is 16.6. The number of hydrogen-bond acceptors (Lipinski definition) is 4. The van der Waals surface area contributed by atoms with Crippen LogP contribution in [0.2, 0.25) is 10.2 Å². The van der Waals surface area contributed by atoms with Crippen molar-refractivity contribution in [2.45, 2.75) is 64.2 Å². The van der Waals surface area contributed by atoms with Gasteiger partial charge in [0, 0.05) is 36.1 Å². The molecule has 1 amide bonds. The van der Waals surface area contributed by atoms with Gasteiger partial charge < -0.3 is 10.6 Å². The van der Waals surface area contributed by atoms with Crippen LogP contribution in [0.25, 0.3) is 10.9 Å². The number of aromatic nitrogens is 2. The van der Waals surface area contributed by atoms with E-state index in [1.165, 1.54) is 60.6 Å². The molecule has 7 heteroatoms. The van der Waals surface area contributed by atoms with Crippen LogP contribution in [0.15, 0.2) is 36.5 Å². The van der Waals surface area contributed by atoms with Crippen LogP contribution in [0.5, 0.6) is 0 Å². The summed E-state index contributed by atoms with van der Waals surface area (Å²) in [6, 6.07) is 10.0. The maximum absolute atomic E-state index is 12.1. The molecule has 0 fully saturated rings. The molecule has 3 aromatic rings. The highest BCUT2D eigenvalue weighted by Gasteiger charge is 2.17. The molecule has 0 saturated heterocycles. The summed E-state index contributed by atoms with van der Waals surface area (Å²) >= 11 is 11.7. The highest BCUT2D eigenvalue weighted by atomic mass is 35.5. The predicted octanol–water partition coefficient (Wildman–Crippen LogP) is 7.00. The summed E-state index contributed by atoms with van der Waals surface area (Å²) in [7, 11) is 0. The fourth-order valence-electron chi connectivity index (χ4n) is 4.59. The van der Waals surface area contributed by atoms with Gasteiger partial charge in [-0.15, -0.1) is 0 Å². The van der Waals surface area contributed by atoms with Crippen molar-refractivity contribution in [3.63, 3.8) is 0 Å². The highest BCUT2D eigenvalue weighted by Crippen LogP contribution is 2.33. The van der Waals surface area contributed by atoms with E-state index < -0.39 is 0 Å². The van der Waals surface area contributed by atoms with E-state index in [1.807, 2.05) is 0 Å². The molecule has 180 valence electrons. The summed E-state index contributed by atoms with van der Waals surface area (Å²) in [6.45, 7) is 1.65. The van der Waals surface area contributed by atoms with Gasteiger partial charge in [0.1, 0.15) is 5.15 Å². The smallest absolute Gasteiger partial charge is 0.252 e. The lowest BCUT2D eigenvalue weighted by Crippen LogP contribution is -2.24. The van der Waals surface area contributed by atoms with Crippen molar-refractivity contribution in [3.8, 4) is 0 Å². The molecule has 4 rings (SSSR count). The van der Waals surface area contributed by atoms with E-state index in [0.29, 0.717) is 17.1 Å². The Bertz CT molecular complexity index is 1140. The summed E-state index contributed by atoms with van der Waals surface area (Å²) in [6.07, 6.45) is 13.0. The van der Waals surface area contributed by atoms with Crippen molar-refractivity contribution in [1.29, 1.82) is 0 Å². The molecule has 2 aromatic heterocycles. The summed E-state index contributed by atoms with van der Waals surface area (Å²) in [4.78, 5) is 21.0. The predicted molar refractivity (Wildman–Crippen MR) is 141 cm³/mol. The molecule has 1 aromatic carbocycles. The van der Waals surface area contributed by atoms with Crippen LogP contribution in [0, 0.1) is 0 Å². The normalized spacial score (nSPS) is 13.0. The average molecular weight is 499 g/mol. The number of fused-ring (bicyclic) bond motifs is 2. The minimum Gasteiger partial charge on any atom is -0.384 e. The van der Waals surface area contributed by atoms with Gasteiger partial charge in [-0.1, -0.05) is 67.1 Å². The number of rotatable bonds is 11. The molecule has 5 nitrogen and oxygen atoms in total. The largest absolute Gasteiger partial charge is 0.384 e. The van der Waals surface area contributed by atoms with Crippen LogP contribution < -0.4 is 10.6 Å². The monoisotopic (exact) mass is 498 g/mol. The topological polar surface area (TPSA) is 66.9 Å². The minimum atomic E-state index is -0.164. The molecule has 1 aliphatic carbocycles. The van der Waals surface area contributed by atoms with Crippen molar-refractivity contribution >= 4 is 45.7 Å². The zero-order chi connectivity index (χ0) is 23.8.